The van der Waals surface area contributed by atoms with Crippen molar-refractivity contribution in [2.24, 2.45) is 5.41 Å². The van der Waals surface area contributed by atoms with Gasteiger partial charge in [0, 0.05) is 5.41 Å². The third kappa shape index (κ3) is 2.89. The van der Waals surface area contributed by atoms with Crippen molar-refractivity contribution in [2.45, 2.75) is 33.3 Å². The van der Waals surface area contributed by atoms with Gasteiger partial charge in [-0.2, -0.15) is 0 Å². The third-order valence-corrected chi connectivity index (χ3v) is 2.21. The zero-order valence-electron chi connectivity index (χ0n) is 7.67. The van der Waals surface area contributed by atoms with Crippen molar-refractivity contribution in [2.75, 3.05) is 0 Å². The Hall–Kier alpha value is -0.560. The topological polar surface area (TPSA) is 20.2 Å². The van der Waals surface area contributed by atoms with Crippen LogP contribution in [-0.4, -0.2) is 11.2 Å². The zero-order valence-corrected chi connectivity index (χ0v) is 7.67. The van der Waals surface area contributed by atoms with Gasteiger partial charge in [-0.15, -0.1) is 6.58 Å². The van der Waals surface area contributed by atoms with Crippen LogP contribution in [0, 0.1) is 5.41 Å². The minimum Gasteiger partial charge on any atom is -0.393 e. The summed E-state index contributed by atoms with van der Waals surface area (Å²) in [6, 6.07) is 0. The standard InChI is InChI=1S/C10H18O/c1-5-7-8-10(4,6-2)9(3)11/h5-7,9,11H,2,8H2,1,3-4H3. The third-order valence-electron chi connectivity index (χ3n) is 2.21. The average molecular weight is 154 g/mol. The molecule has 0 aromatic carbocycles. The maximum atomic E-state index is 9.39. The largest absolute Gasteiger partial charge is 0.393 e. The molecule has 0 aliphatic rings. The first-order valence-electron chi connectivity index (χ1n) is 3.99. The molecule has 0 heterocycles. The average Bonchev–Trinajstić information content (AvgIpc) is 2.00. The highest BCUT2D eigenvalue weighted by molar-refractivity contribution is 5.00. The van der Waals surface area contributed by atoms with Crippen molar-refractivity contribution in [3.8, 4) is 0 Å². The molecule has 0 aliphatic heterocycles. The van der Waals surface area contributed by atoms with E-state index in [-0.39, 0.29) is 11.5 Å². The molecule has 0 rings (SSSR count). The Morgan fingerprint density at radius 1 is 1.64 bits per heavy atom. The van der Waals surface area contributed by atoms with Crippen LogP contribution in [0.4, 0.5) is 0 Å². The van der Waals surface area contributed by atoms with Crippen molar-refractivity contribution in [1.29, 1.82) is 0 Å². The fourth-order valence-electron chi connectivity index (χ4n) is 0.796. The second-order valence-electron chi connectivity index (χ2n) is 3.16. The first-order valence-corrected chi connectivity index (χ1v) is 3.99. The van der Waals surface area contributed by atoms with Crippen LogP contribution >= 0.6 is 0 Å². The predicted octanol–water partition coefficient (Wildman–Crippen LogP) is 2.53. The highest BCUT2D eigenvalue weighted by Crippen LogP contribution is 2.27. The van der Waals surface area contributed by atoms with Crippen LogP contribution in [0.3, 0.4) is 0 Å². The van der Waals surface area contributed by atoms with Crippen molar-refractivity contribution in [3.05, 3.63) is 24.8 Å². The van der Waals surface area contributed by atoms with Gasteiger partial charge in [-0.1, -0.05) is 25.2 Å². The molecule has 0 aromatic heterocycles. The molecule has 11 heavy (non-hydrogen) atoms. The highest BCUT2D eigenvalue weighted by Gasteiger charge is 2.24. The van der Waals surface area contributed by atoms with Gasteiger partial charge < -0.3 is 5.11 Å². The van der Waals surface area contributed by atoms with E-state index in [1.54, 1.807) is 6.92 Å². The maximum absolute atomic E-state index is 9.39. The molecule has 1 heteroatoms. The Labute approximate surface area is 69.4 Å². The van der Waals surface area contributed by atoms with Gasteiger partial charge in [0.2, 0.25) is 0 Å². The molecule has 0 spiro atoms. The fourth-order valence-corrected chi connectivity index (χ4v) is 0.796. The lowest BCUT2D eigenvalue weighted by molar-refractivity contribution is 0.0892. The molecule has 0 radical (unpaired) electrons. The van der Waals surface area contributed by atoms with Crippen molar-refractivity contribution in [3.63, 3.8) is 0 Å². The Morgan fingerprint density at radius 3 is 2.45 bits per heavy atom. The second-order valence-corrected chi connectivity index (χ2v) is 3.16. The van der Waals surface area contributed by atoms with E-state index >= 15 is 0 Å². The first-order chi connectivity index (χ1) is 5.06. The highest BCUT2D eigenvalue weighted by atomic mass is 16.3. The fraction of sp³-hybridized carbons (Fsp3) is 0.600. The van der Waals surface area contributed by atoms with Gasteiger partial charge in [0.1, 0.15) is 0 Å². The summed E-state index contributed by atoms with van der Waals surface area (Å²) in [5.74, 6) is 0. The van der Waals surface area contributed by atoms with Gasteiger partial charge in [-0.05, 0) is 20.3 Å². The summed E-state index contributed by atoms with van der Waals surface area (Å²) in [4.78, 5) is 0. The van der Waals surface area contributed by atoms with Gasteiger partial charge in [-0.25, -0.2) is 0 Å². The summed E-state index contributed by atoms with van der Waals surface area (Å²) < 4.78 is 0. The number of hydrogen-bond donors (Lipinski definition) is 1. The van der Waals surface area contributed by atoms with Crippen molar-refractivity contribution in [1.82, 2.24) is 0 Å². The molecule has 0 fully saturated rings. The van der Waals surface area contributed by atoms with Crippen LogP contribution in [-0.2, 0) is 0 Å². The van der Waals surface area contributed by atoms with Gasteiger partial charge >= 0.3 is 0 Å². The minimum absolute atomic E-state index is 0.174. The number of allylic oxidation sites excluding steroid dienone is 2. The van der Waals surface area contributed by atoms with Crippen LogP contribution in [0.5, 0.6) is 0 Å². The van der Waals surface area contributed by atoms with Gasteiger partial charge in [0.25, 0.3) is 0 Å². The molecular formula is C10H18O. The molecule has 2 unspecified atom stereocenters. The summed E-state index contributed by atoms with van der Waals surface area (Å²) in [5.41, 5.74) is -0.174. The second kappa shape index (κ2) is 4.35. The van der Waals surface area contributed by atoms with Crippen molar-refractivity contribution >= 4 is 0 Å². The molecule has 1 nitrogen and oxygen atoms in total. The number of aliphatic hydroxyl groups excluding tert-OH is 1. The van der Waals surface area contributed by atoms with E-state index in [9.17, 15) is 5.11 Å². The summed E-state index contributed by atoms with van der Waals surface area (Å²) in [6.45, 7) is 9.49. The summed E-state index contributed by atoms with van der Waals surface area (Å²) in [6.07, 6.45) is 6.37. The summed E-state index contributed by atoms with van der Waals surface area (Å²) >= 11 is 0. The quantitative estimate of drug-likeness (QED) is 0.617. The van der Waals surface area contributed by atoms with Crippen LogP contribution in [0.25, 0.3) is 0 Å². The van der Waals surface area contributed by atoms with E-state index in [1.807, 2.05) is 26.0 Å². The molecule has 0 aromatic rings. The first kappa shape index (κ1) is 10.4. The van der Waals surface area contributed by atoms with E-state index in [4.69, 9.17) is 0 Å². The molecule has 1 N–H and O–H groups in total. The van der Waals surface area contributed by atoms with Gasteiger partial charge in [0.15, 0.2) is 0 Å². The summed E-state index contributed by atoms with van der Waals surface area (Å²) in [5, 5.41) is 9.39. The normalized spacial score (nSPS) is 19.6. The smallest absolute Gasteiger partial charge is 0.0602 e. The van der Waals surface area contributed by atoms with E-state index < -0.39 is 0 Å². The van der Waals surface area contributed by atoms with Gasteiger partial charge in [0.05, 0.1) is 6.10 Å². The molecule has 0 saturated carbocycles. The lowest BCUT2D eigenvalue weighted by Gasteiger charge is -2.27. The molecule has 0 aliphatic carbocycles. The molecule has 0 bridgehead atoms. The minimum atomic E-state index is -0.337. The SMILES string of the molecule is C=CC(C)(CC=CC)C(C)O. The molecule has 2 atom stereocenters. The monoisotopic (exact) mass is 154 g/mol. The van der Waals surface area contributed by atoms with Crippen LogP contribution in [0.1, 0.15) is 27.2 Å². The van der Waals surface area contributed by atoms with E-state index in [0.29, 0.717) is 0 Å². The Morgan fingerprint density at radius 2 is 2.18 bits per heavy atom. The molecular weight excluding hydrogens is 136 g/mol. The molecule has 0 amide bonds. The van der Waals surface area contributed by atoms with Crippen LogP contribution < -0.4 is 0 Å². The maximum Gasteiger partial charge on any atom is 0.0602 e. The van der Waals surface area contributed by atoms with Crippen molar-refractivity contribution < 1.29 is 5.11 Å². The molecule has 64 valence electrons. The Balaban J connectivity index is 4.21. The van der Waals surface area contributed by atoms with E-state index in [0.717, 1.165) is 6.42 Å². The molecule has 0 saturated heterocycles. The van der Waals surface area contributed by atoms with E-state index in [2.05, 4.69) is 12.7 Å². The lowest BCUT2D eigenvalue weighted by atomic mass is 9.82. The van der Waals surface area contributed by atoms with E-state index in [1.165, 1.54) is 0 Å². The number of aliphatic hydroxyl groups is 1. The number of rotatable bonds is 4. The summed E-state index contributed by atoms with van der Waals surface area (Å²) in [7, 11) is 0. The Bertz CT molecular complexity index is 147. The zero-order chi connectivity index (χ0) is 8.91. The Kier molecular flexibility index (Phi) is 4.12. The van der Waals surface area contributed by atoms with Crippen LogP contribution in [0.2, 0.25) is 0 Å². The number of hydrogen-bond acceptors (Lipinski definition) is 1. The van der Waals surface area contributed by atoms with Crippen LogP contribution in [0.15, 0.2) is 24.8 Å². The predicted molar refractivity (Wildman–Crippen MR) is 49.4 cm³/mol. The lowest BCUT2D eigenvalue weighted by Crippen LogP contribution is -2.26. The van der Waals surface area contributed by atoms with Gasteiger partial charge in [-0.3, -0.25) is 0 Å².